The first-order chi connectivity index (χ1) is 13.6. The molecule has 0 aromatic heterocycles. The van der Waals surface area contributed by atoms with Crippen LogP contribution in [-0.2, 0) is 14.3 Å². The Labute approximate surface area is 169 Å². The average molecular weight is 406 g/mol. The molecular formula is C20H27FN4O4. The zero-order valence-electron chi connectivity index (χ0n) is 17.0. The maximum Gasteiger partial charge on any atom is 0.410 e. The molecule has 1 aromatic carbocycles. The molecule has 2 heterocycles. The Hall–Kier alpha value is -2.84. The summed E-state index contributed by atoms with van der Waals surface area (Å²) in [7, 11) is 0. The number of piperidine rings is 1. The van der Waals surface area contributed by atoms with E-state index in [0.717, 1.165) is 0 Å². The van der Waals surface area contributed by atoms with Crippen molar-refractivity contribution in [2.24, 2.45) is 0 Å². The SMILES string of the molecule is CC(C)(C)OC(=O)N1CCN(c2cccc(NC3CCC(=O)NC3=O)c2F)CC1. The van der Waals surface area contributed by atoms with Crippen LogP contribution in [0.15, 0.2) is 18.2 Å². The van der Waals surface area contributed by atoms with E-state index < -0.39 is 23.4 Å². The summed E-state index contributed by atoms with van der Waals surface area (Å²) in [6.07, 6.45) is 0.172. The van der Waals surface area contributed by atoms with Gasteiger partial charge in [-0.25, -0.2) is 9.18 Å². The molecule has 3 rings (SSSR count). The Kier molecular flexibility index (Phi) is 5.95. The van der Waals surface area contributed by atoms with Crippen molar-refractivity contribution in [2.75, 3.05) is 36.4 Å². The van der Waals surface area contributed by atoms with Crippen molar-refractivity contribution in [2.45, 2.75) is 45.3 Å². The lowest BCUT2D eigenvalue weighted by molar-refractivity contribution is -0.133. The molecule has 0 aliphatic carbocycles. The number of piperazine rings is 1. The van der Waals surface area contributed by atoms with E-state index in [9.17, 15) is 14.4 Å². The maximum atomic E-state index is 15.1. The zero-order valence-corrected chi connectivity index (χ0v) is 17.0. The highest BCUT2D eigenvalue weighted by Crippen LogP contribution is 2.28. The summed E-state index contributed by atoms with van der Waals surface area (Å²) in [4.78, 5) is 38.9. The fraction of sp³-hybridized carbons (Fsp3) is 0.550. The van der Waals surface area contributed by atoms with Crippen molar-refractivity contribution in [3.05, 3.63) is 24.0 Å². The van der Waals surface area contributed by atoms with E-state index in [0.29, 0.717) is 38.3 Å². The number of nitrogens with one attached hydrogen (secondary N) is 2. The topological polar surface area (TPSA) is 91.0 Å². The molecule has 2 aliphatic heterocycles. The molecule has 8 nitrogen and oxygen atoms in total. The van der Waals surface area contributed by atoms with Gasteiger partial charge in [-0.1, -0.05) is 6.07 Å². The van der Waals surface area contributed by atoms with Gasteiger partial charge in [-0.2, -0.15) is 0 Å². The van der Waals surface area contributed by atoms with Crippen molar-refractivity contribution in [1.29, 1.82) is 0 Å². The lowest BCUT2D eigenvalue weighted by Gasteiger charge is -2.37. The molecule has 2 aliphatic rings. The average Bonchev–Trinajstić information content (AvgIpc) is 2.64. The minimum absolute atomic E-state index is 0.214. The van der Waals surface area contributed by atoms with Crippen molar-refractivity contribution in [3.8, 4) is 0 Å². The summed E-state index contributed by atoms with van der Waals surface area (Å²) < 4.78 is 20.5. The molecule has 0 spiro atoms. The number of nitrogens with zero attached hydrogens (tertiary/aromatic N) is 2. The van der Waals surface area contributed by atoms with Crippen LogP contribution in [-0.4, -0.2) is 60.6 Å². The van der Waals surface area contributed by atoms with E-state index in [1.807, 2.05) is 25.7 Å². The first-order valence-corrected chi connectivity index (χ1v) is 9.75. The van der Waals surface area contributed by atoms with Gasteiger partial charge in [0.25, 0.3) is 0 Å². The van der Waals surface area contributed by atoms with Crippen molar-refractivity contribution in [1.82, 2.24) is 10.2 Å². The number of carbonyl (C=O) groups excluding carboxylic acids is 3. The van der Waals surface area contributed by atoms with Gasteiger partial charge >= 0.3 is 6.09 Å². The molecular weight excluding hydrogens is 379 g/mol. The van der Waals surface area contributed by atoms with Crippen molar-refractivity contribution >= 4 is 29.3 Å². The van der Waals surface area contributed by atoms with Crippen LogP contribution in [0.25, 0.3) is 0 Å². The summed E-state index contributed by atoms with van der Waals surface area (Å²) in [5.41, 5.74) is 0.0637. The Morgan fingerprint density at radius 2 is 1.90 bits per heavy atom. The van der Waals surface area contributed by atoms with E-state index in [1.165, 1.54) is 0 Å². The molecule has 1 unspecified atom stereocenters. The molecule has 9 heteroatoms. The molecule has 29 heavy (non-hydrogen) atoms. The minimum Gasteiger partial charge on any atom is -0.444 e. The highest BCUT2D eigenvalue weighted by Gasteiger charge is 2.29. The minimum atomic E-state index is -0.651. The number of halogens is 1. The third-order valence-corrected chi connectivity index (χ3v) is 4.82. The summed E-state index contributed by atoms with van der Waals surface area (Å²) in [6.45, 7) is 7.25. The standard InChI is InChI=1S/C20H27FN4O4/c1-20(2,3)29-19(28)25-11-9-24(10-12-25)15-6-4-5-13(17(15)21)22-14-7-8-16(26)23-18(14)27/h4-6,14,22H,7-12H2,1-3H3,(H,23,26,27). The van der Waals surface area contributed by atoms with Crippen LogP contribution in [0, 0.1) is 5.82 Å². The lowest BCUT2D eigenvalue weighted by atomic mass is 10.1. The summed E-state index contributed by atoms with van der Waals surface area (Å²) >= 11 is 0. The van der Waals surface area contributed by atoms with E-state index in [4.69, 9.17) is 4.74 Å². The molecule has 0 radical (unpaired) electrons. The monoisotopic (exact) mass is 406 g/mol. The second kappa shape index (κ2) is 8.26. The summed E-state index contributed by atoms with van der Waals surface area (Å²) in [5.74, 6) is -1.22. The second-order valence-corrected chi connectivity index (χ2v) is 8.24. The molecule has 0 saturated carbocycles. The first kappa shape index (κ1) is 20.9. The maximum absolute atomic E-state index is 15.1. The number of imide groups is 1. The van der Waals surface area contributed by atoms with Gasteiger partial charge in [-0.3, -0.25) is 14.9 Å². The number of ether oxygens (including phenoxy) is 1. The fourth-order valence-corrected chi connectivity index (χ4v) is 3.35. The number of carbonyl (C=O) groups is 3. The van der Waals surface area contributed by atoms with Crippen LogP contribution in [0.4, 0.5) is 20.6 Å². The molecule has 1 atom stereocenters. The van der Waals surface area contributed by atoms with E-state index in [-0.39, 0.29) is 24.1 Å². The third kappa shape index (κ3) is 5.16. The number of anilines is 2. The first-order valence-electron chi connectivity index (χ1n) is 9.75. The summed E-state index contributed by atoms with van der Waals surface area (Å²) in [6, 6.07) is 4.31. The predicted octanol–water partition coefficient (Wildman–Crippen LogP) is 2.10. The summed E-state index contributed by atoms with van der Waals surface area (Å²) in [5, 5.41) is 5.16. The normalized spacial score (nSPS) is 20.3. The third-order valence-electron chi connectivity index (χ3n) is 4.82. The molecule has 1 aromatic rings. The predicted molar refractivity (Wildman–Crippen MR) is 106 cm³/mol. The van der Waals surface area contributed by atoms with Crippen LogP contribution >= 0.6 is 0 Å². The van der Waals surface area contributed by atoms with Gasteiger partial charge in [0.15, 0.2) is 5.82 Å². The van der Waals surface area contributed by atoms with E-state index in [1.54, 1.807) is 23.1 Å². The van der Waals surface area contributed by atoms with Crippen LogP contribution in [0.3, 0.4) is 0 Å². The highest BCUT2D eigenvalue weighted by molar-refractivity contribution is 6.01. The fourth-order valence-electron chi connectivity index (χ4n) is 3.35. The Morgan fingerprint density at radius 1 is 1.21 bits per heavy atom. The Balaban J connectivity index is 1.64. The quantitative estimate of drug-likeness (QED) is 0.747. The second-order valence-electron chi connectivity index (χ2n) is 8.24. The smallest absolute Gasteiger partial charge is 0.410 e. The molecule has 158 valence electrons. The molecule has 2 N–H and O–H groups in total. The van der Waals surface area contributed by atoms with Gasteiger partial charge in [0.05, 0.1) is 11.4 Å². The van der Waals surface area contributed by atoms with Gasteiger partial charge in [0, 0.05) is 32.6 Å². The number of benzene rings is 1. The Morgan fingerprint density at radius 3 is 2.52 bits per heavy atom. The van der Waals surface area contributed by atoms with Gasteiger partial charge in [0.2, 0.25) is 11.8 Å². The number of hydrogen-bond donors (Lipinski definition) is 2. The molecule has 0 bridgehead atoms. The number of hydrogen-bond acceptors (Lipinski definition) is 6. The van der Waals surface area contributed by atoms with Crippen LogP contribution in [0.1, 0.15) is 33.6 Å². The van der Waals surface area contributed by atoms with E-state index in [2.05, 4.69) is 10.6 Å². The largest absolute Gasteiger partial charge is 0.444 e. The lowest BCUT2D eigenvalue weighted by Crippen LogP contribution is -2.50. The van der Waals surface area contributed by atoms with Gasteiger partial charge < -0.3 is 19.9 Å². The molecule has 3 amide bonds. The van der Waals surface area contributed by atoms with Gasteiger partial charge in [-0.05, 0) is 39.3 Å². The molecule has 2 saturated heterocycles. The van der Waals surface area contributed by atoms with Crippen molar-refractivity contribution in [3.63, 3.8) is 0 Å². The van der Waals surface area contributed by atoms with Gasteiger partial charge in [0.1, 0.15) is 11.6 Å². The number of rotatable bonds is 3. The van der Waals surface area contributed by atoms with Crippen LogP contribution < -0.4 is 15.5 Å². The molecule has 2 fully saturated rings. The number of amides is 3. The van der Waals surface area contributed by atoms with Crippen molar-refractivity contribution < 1.29 is 23.5 Å². The van der Waals surface area contributed by atoms with Crippen LogP contribution in [0.5, 0.6) is 0 Å². The van der Waals surface area contributed by atoms with E-state index >= 15 is 4.39 Å². The highest BCUT2D eigenvalue weighted by atomic mass is 19.1. The Bertz CT molecular complexity index is 800. The van der Waals surface area contributed by atoms with Crippen LogP contribution in [0.2, 0.25) is 0 Å². The zero-order chi connectivity index (χ0) is 21.2. The van der Waals surface area contributed by atoms with Gasteiger partial charge in [-0.15, -0.1) is 0 Å².